The number of nitrogens with zero attached hydrogens (tertiary/aromatic N) is 2. The van der Waals surface area contributed by atoms with Crippen LogP contribution < -0.4 is 21.3 Å². The van der Waals surface area contributed by atoms with Crippen molar-refractivity contribution in [3.8, 4) is 0 Å². The second-order valence-electron chi connectivity index (χ2n) is 17.1. The first-order chi connectivity index (χ1) is 28.5. The van der Waals surface area contributed by atoms with Crippen molar-refractivity contribution in [3.63, 3.8) is 0 Å². The van der Waals surface area contributed by atoms with Gasteiger partial charge in [-0.25, -0.2) is 4.79 Å². The summed E-state index contributed by atoms with van der Waals surface area (Å²) in [4.78, 5) is 109. The first-order valence-electron chi connectivity index (χ1n) is 21.5. The zero-order chi connectivity index (χ0) is 44.1. The molecule has 0 bridgehead atoms. The van der Waals surface area contributed by atoms with Gasteiger partial charge in [0.15, 0.2) is 0 Å². The Morgan fingerprint density at radius 1 is 0.650 bits per heavy atom. The van der Waals surface area contributed by atoms with Crippen LogP contribution in [0.1, 0.15) is 123 Å². The van der Waals surface area contributed by atoms with Gasteiger partial charge in [0.2, 0.25) is 35.4 Å². The molecule has 2 aliphatic heterocycles. The molecule has 1 saturated carbocycles. The van der Waals surface area contributed by atoms with Crippen LogP contribution in [0.2, 0.25) is 0 Å². The topological polar surface area (TPSA) is 252 Å². The van der Waals surface area contributed by atoms with E-state index in [1.807, 2.05) is 37.3 Å². The molecule has 17 heteroatoms. The average molecular weight is 841 g/mol. The number of hydrogen-bond donors (Lipinski definition) is 7. The van der Waals surface area contributed by atoms with E-state index >= 15 is 0 Å². The molecule has 4 rings (SSSR count). The number of amides is 6. The number of hydrogen-bond acceptors (Lipinski definition) is 9. The number of carboxylic acid groups (broad SMARTS) is 2. The van der Waals surface area contributed by atoms with Crippen molar-refractivity contribution in [1.82, 2.24) is 31.1 Å². The molecule has 3 aliphatic rings. The fourth-order valence-corrected chi connectivity index (χ4v) is 8.61. The summed E-state index contributed by atoms with van der Waals surface area (Å²) in [5.74, 6) is -7.08. The summed E-state index contributed by atoms with van der Waals surface area (Å²) in [6, 6.07) is 1.90. The van der Waals surface area contributed by atoms with Crippen LogP contribution in [-0.4, -0.2) is 128 Å². The largest absolute Gasteiger partial charge is 0.481 e. The number of rotatable bonds is 19. The van der Waals surface area contributed by atoms with Gasteiger partial charge >= 0.3 is 11.9 Å². The van der Waals surface area contributed by atoms with Crippen molar-refractivity contribution in [3.05, 3.63) is 35.9 Å². The molecule has 60 heavy (non-hydrogen) atoms. The summed E-state index contributed by atoms with van der Waals surface area (Å²) < 4.78 is 0. The van der Waals surface area contributed by atoms with Crippen LogP contribution in [0.25, 0.3) is 0 Å². The summed E-state index contributed by atoms with van der Waals surface area (Å²) in [6.07, 6.45) is 4.64. The molecule has 0 radical (unpaired) electrons. The zero-order valence-electron chi connectivity index (χ0n) is 35.3. The Balaban J connectivity index is 1.43. The molecule has 8 atom stereocenters. The predicted octanol–water partition coefficient (Wildman–Crippen LogP) is 2.06. The van der Waals surface area contributed by atoms with Gasteiger partial charge in [-0.05, 0) is 68.8 Å². The van der Waals surface area contributed by atoms with E-state index in [-0.39, 0.29) is 62.4 Å². The summed E-state index contributed by atoms with van der Waals surface area (Å²) in [6.45, 7) is 6.99. The molecule has 2 saturated heterocycles. The lowest BCUT2D eigenvalue weighted by molar-refractivity contribution is -0.149. The number of piperidine rings is 1. The lowest BCUT2D eigenvalue weighted by Gasteiger charge is -2.38. The Morgan fingerprint density at radius 3 is 1.83 bits per heavy atom. The monoisotopic (exact) mass is 840 g/mol. The van der Waals surface area contributed by atoms with Crippen molar-refractivity contribution in [2.24, 2.45) is 11.8 Å². The molecular weight excluding hydrogens is 777 g/mol. The van der Waals surface area contributed by atoms with Crippen molar-refractivity contribution in [2.45, 2.75) is 159 Å². The van der Waals surface area contributed by atoms with Gasteiger partial charge in [-0.3, -0.25) is 33.6 Å². The predicted molar refractivity (Wildman–Crippen MR) is 219 cm³/mol. The van der Waals surface area contributed by atoms with Crippen LogP contribution in [0.5, 0.6) is 0 Å². The number of carbonyl (C=O) groups is 8. The van der Waals surface area contributed by atoms with E-state index in [1.54, 1.807) is 13.8 Å². The SMILES string of the molecule is CC(C)[C@H](NC(=O)C[C@H](C)c1ccccc1)C(=O)N1CCCCC1C(=O)N[C@@H](CC(=O)O)C(=O)N1CCC[C@H]1C(=O)N[C@H](C(=O)N[C@@H](CC1CCCCC1)C(=O)O)[C@@H](C)O. The Bertz CT molecular complexity index is 1680. The van der Waals surface area contributed by atoms with E-state index in [4.69, 9.17) is 0 Å². The summed E-state index contributed by atoms with van der Waals surface area (Å²) >= 11 is 0. The highest BCUT2D eigenvalue weighted by Crippen LogP contribution is 2.28. The molecule has 17 nitrogen and oxygen atoms in total. The van der Waals surface area contributed by atoms with E-state index in [0.29, 0.717) is 19.3 Å². The highest BCUT2D eigenvalue weighted by atomic mass is 16.4. The molecule has 332 valence electrons. The van der Waals surface area contributed by atoms with Gasteiger partial charge < -0.3 is 46.4 Å². The van der Waals surface area contributed by atoms with E-state index in [1.165, 1.54) is 11.8 Å². The van der Waals surface area contributed by atoms with E-state index in [0.717, 1.165) is 42.6 Å². The van der Waals surface area contributed by atoms with Gasteiger partial charge in [0.1, 0.15) is 36.3 Å². The smallest absolute Gasteiger partial charge is 0.326 e. The summed E-state index contributed by atoms with van der Waals surface area (Å²) in [5, 5.41) is 40.5. The molecule has 1 aliphatic carbocycles. The minimum absolute atomic E-state index is 0.0314. The standard InChI is InChI=1S/C43H64N6O11/c1-25(2)36(46-34(51)22-26(3)29-16-9-6-10-17-29)42(58)49-20-12-11-18-32(49)38(54)44-30(24-35(52)53)41(57)48-21-13-19-33(48)39(55)47-37(27(4)50)40(56)45-31(43(59)60)23-28-14-7-5-8-15-28/h6,9-10,16-17,25-28,30-33,36-37,50H,5,7-8,11-15,18-24H2,1-4H3,(H,44,54)(H,45,56)(H,46,51)(H,47,55)(H,52,53)(H,59,60)/t26-,27+,30-,31-,32?,33-,36-,37-/m0/s1. The van der Waals surface area contributed by atoms with Gasteiger partial charge in [0, 0.05) is 19.5 Å². The minimum Gasteiger partial charge on any atom is -0.481 e. The quantitative estimate of drug-likeness (QED) is 0.106. The fraction of sp³-hybridized carbons (Fsp3) is 0.674. The lowest BCUT2D eigenvalue weighted by atomic mass is 9.84. The Hall–Kier alpha value is -5.06. The van der Waals surface area contributed by atoms with Crippen molar-refractivity contribution < 1.29 is 53.7 Å². The van der Waals surface area contributed by atoms with Gasteiger partial charge in [0.25, 0.3) is 0 Å². The molecule has 0 spiro atoms. The van der Waals surface area contributed by atoms with Crippen LogP contribution in [0.15, 0.2) is 30.3 Å². The number of aliphatic hydroxyl groups is 1. The third kappa shape index (κ3) is 13.2. The highest BCUT2D eigenvalue weighted by Gasteiger charge is 2.43. The van der Waals surface area contributed by atoms with Crippen LogP contribution in [0, 0.1) is 11.8 Å². The number of aliphatic hydroxyl groups excluding tert-OH is 1. The number of carboxylic acids is 2. The summed E-state index contributed by atoms with van der Waals surface area (Å²) in [7, 11) is 0. The second kappa shape index (κ2) is 22.5. The number of benzene rings is 1. The van der Waals surface area contributed by atoms with Gasteiger partial charge in [-0.15, -0.1) is 0 Å². The maximum Gasteiger partial charge on any atom is 0.326 e. The van der Waals surface area contributed by atoms with Crippen LogP contribution in [0.4, 0.5) is 0 Å². The van der Waals surface area contributed by atoms with E-state index in [2.05, 4.69) is 21.3 Å². The molecule has 6 amide bonds. The zero-order valence-corrected chi connectivity index (χ0v) is 35.3. The number of carbonyl (C=O) groups excluding carboxylic acids is 6. The van der Waals surface area contributed by atoms with Gasteiger partial charge in [-0.1, -0.05) is 83.2 Å². The Labute approximate surface area is 351 Å². The molecule has 1 unspecified atom stereocenters. The van der Waals surface area contributed by atoms with Crippen molar-refractivity contribution in [1.29, 1.82) is 0 Å². The molecule has 1 aromatic rings. The molecule has 7 N–H and O–H groups in total. The third-order valence-electron chi connectivity index (χ3n) is 12.0. The minimum atomic E-state index is -1.62. The molecular formula is C43H64N6O11. The van der Waals surface area contributed by atoms with Gasteiger partial charge in [-0.2, -0.15) is 0 Å². The lowest BCUT2D eigenvalue weighted by Crippen LogP contribution is -2.62. The van der Waals surface area contributed by atoms with Crippen LogP contribution in [-0.2, 0) is 38.4 Å². The van der Waals surface area contributed by atoms with Crippen molar-refractivity contribution >= 4 is 47.4 Å². The van der Waals surface area contributed by atoms with Crippen LogP contribution >= 0.6 is 0 Å². The number of likely N-dealkylation sites (tertiary alicyclic amines) is 2. The second-order valence-corrected chi connectivity index (χ2v) is 17.1. The maximum atomic E-state index is 14.1. The van der Waals surface area contributed by atoms with Gasteiger partial charge in [0.05, 0.1) is 12.5 Å². The van der Waals surface area contributed by atoms with Crippen LogP contribution in [0.3, 0.4) is 0 Å². The first kappa shape index (κ1) is 47.6. The number of nitrogens with one attached hydrogen (secondary N) is 4. The molecule has 2 heterocycles. The Kier molecular flexibility index (Phi) is 17.9. The molecule has 3 fully saturated rings. The van der Waals surface area contributed by atoms with Crippen molar-refractivity contribution in [2.75, 3.05) is 13.1 Å². The highest BCUT2D eigenvalue weighted by molar-refractivity contribution is 5.98. The normalized spacial score (nSPS) is 21.4. The first-order valence-corrected chi connectivity index (χ1v) is 21.5. The Morgan fingerprint density at radius 2 is 1.23 bits per heavy atom. The third-order valence-corrected chi connectivity index (χ3v) is 12.0. The number of aliphatic carboxylic acids is 2. The fourth-order valence-electron chi connectivity index (χ4n) is 8.61. The van der Waals surface area contributed by atoms with E-state index < -0.39 is 90.3 Å². The maximum absolute atomic E-state index is 14.1. The molecule has 0 aromatic heterocycles. The summed E-state index contributed by atoms with van der Waals surface area (Å²) in [5.41, 5.74) is 0.974. The van der Waals surface area contributed by atoms with E-state index in [9.17, 15) is 53.7 Å². The molecule has 1 aromatic carbocycles. The average Bonchev–Trinajstić information content (AvgIpc) is 3.71.